The largest absolute Gasteiger partial charge is 0.352 e. The van der Waals surface area contributed by atoms with Crippen LogP contribution in [0.5, 0.6) is 0 Å². The third-order valence-corrected chi connectivity index (χ3v) is 4.44. The van der Waals surface area contributed by atoms with Gasteiger partial charge in [-0.1, -0.05) is 24.3 Å². The quantitative estimate of drug-likeness (QED) is 0.847. The zero-order chi connectivity index (χ0) is 13.9. The molecule has 0 bridgehead atoms. The number of benzene rings is 1. The van der Waals surface area contributed by atoms with Gasteiger partial charge in [0.25, 0.3) is 0 Å². The first-order valence-electron chi connectivity index (χ1n) is 7.54. The van der Waals surface area contributed by atoms with Crippen LogP contribution in [0.15, 0.2) is 24.3 Å². The lowest BCUT2D eigenvalue weighted by atomic mass is 9.93. The molecule has 0 saturated carbocycles. The molecule has 4 heteroatoms. The topological polar surface area (TPSA) is 44.4 Å². The SMILES string of the molecule is CN1CCC(NC(=O)C2NCCc3ccccc32)CC1. The monoisotopic (exact) mass is 273 g/mol. The molecular weight excluding hydrogens is 250 g/mol. The predicted octanol–water partition coefficient (Wildman–Crippen LogP) is 1.08. The van der Waals surface area contributed by atoms with E-state index in [4.69, 9.17) is 0 Å². The van der Waals surface area contributed by atoms with Crippen molar-refractivity contribution in [2.75, 3.05) is 26.7 Å². The summed E-state index contributed by atoms with van der Waals surface area (Å²) in [6, 6.07) is 8.42. The van der Waals surface area contributed by atoms with Crippen molar-refractivity contribution in [3.63, 3.8) is 0 Å². The first-order valence-corrected chi connectivity index (χ1v) is 7.54. The molecule has 1 atom stereocenters. The van der Waals surface area contributed by atoms with Gasteiger partial charge in [-0.2, -0.15) is 0 Å². The van der Waals surface area contributed by atoms with E-state index in [9.17, 15) is 4.79 Å². The number of nitrogens with zero attached hydrogens (tertiary/aromatic N) is 1. The minimum atomic E-state index is -0.181. The van der Waals surface area contributed by atoms with Crippen LogP contribution in [0.3, 0.4) is 0 Å². The highest BCUT2D eigenvalue weighted by atomic mass is 16.2. The van der Waals surface area contributed by atoms with Crippen molar-refractivity contribution in [1.82, 2.24) is 15.5 Å². The lowest BCUT2D eigenvalue weighted by Gasteiger charge is -2.32. The molecule has 2 aliphatic heterocycles. The van der Waals surface area contributed by atoms with Crippen molar-refractivity contribution >= 4 is 5.91 Å². The molecule has 2 heterocycles. The van der Waals surface area contributed by atoms with Crippen LogP contribution in [0.4, 0.5) is 0 Å². The molecule has 2 N–H and O–H groups in total. The number of fused-ring (bicyclic) bond motifs is 1. The third-order valence-electron chi connectivity index (χ3n) is 4.44. The summed E-state index contributed by atoms with van der Waals surface area (Å²) in [5, 5.41) is 6.57. The van der Waals surface area contributed by atoms with E-state index in [1.54, 1.807) is 0 Å². The number of nitrogens with one attached hydrogen (secondary N) is 2. The van der Waals surface area contributed by atoms with Gasteiger partial charge in [-0.15, -0.1) is 0 Å². The summed E-state index contributed by atoms with van der Waals surface area (Å²) >= 11 is 0. The summed E-state index contributed by atoms with van der Waals surface area (Å²) in [6.07, 6.45) is 3.11. The fourth-order valence-corrected chi connectivity index (χ4v) is 3.18. The Hall–Kier alpha value is -1.39. The molecule has 1 amide bonds. The van der Waals surface area contributed by atoms with Crippen molar-refractivity contribution in [3.8, 4) is 0 Å². The summed E-state index contributed by atoms with van der Waals surface area (Å²) in [6.45, 7) is 3.02. The van der Waals surface area contributed by atoms with Crippen LogP contribution in [0.1, 0.15) is 30.0 Å². The van der Waals surface area contributed by atoms with Crippen molar-refractivity contribution in [1.29, 1.82) is 0 Å². The molecule has 0 aliphatic carbocycles. The molecule has 1 aromatic rings. The van der Waals surface area contributed by atoms with Crippen LogP contribution in [-0.4, -0.2) is 43.5 Å². The van der Waals surface area contributed by atoms with Gasteiger partial charge in [0, 0.05) is 12.6 Å². The molecule has 1 fully saturated rings. The zero-order valence-electron chi connectivity index (χ0n) is 12.1. The molecule has 3 rings (SSSR count). The van der Waals surface area contributed by atoms with E-state index in [1.807, 2.05) is 6.07 Å². The van der Waals surface area contributed by atoms with Gasteiger partial charge in [-0.05, 0) is 50.5 Å². The van der Waals surface area contributed by atoms with Gasteiger partial charge < -0.3 is 15.5 Å². The fourth-order valence-electron chi connectivity index (χ4n) is 3.18. The summed E-state index contributed by atoms with van der Waals surface area (Å²) < 4.78 is 0. The molecule has 0 aromatic heterocycles. The molecule has 2 aliphatic rings. The maximum absolute atomic E-state index is 12.5. The zero-order valence-corrected chi connectivity index (χ0v) is 12.1. The first kappa shape index (κ1) is 13.6. The Labute approximate surface area is 120 Å². The number of piperidine rings is 1. The van der Waals surface area contributed by atoms with E-state index >= 15 is 0 Å². The number of carbonyl (C=O) groups is 1. The van der Waals surface area contributed by atoms with E-state index in [2.05, 4.69) is 40.8 Å². The second-order valence-corrected chi connectivity index (χ2v) is 5.92. The molecule has 1 saturated heterocycles. The normalized spacial score (nSPS) is 24.1. The number of amides is 1. The molecular formula is C16H23N3O. The highest BCUT2D eigenvalue weighted by molar-refractivity contribution is 5.84. The highest BCUT2D eigenvalue weighted by Gasteiger charge is 2.28. The summed E-state index contributed by atoms with van der Waals surface area (Å²) in [5.41, 5.74) is 2.44. The minimum absolute atomic E-state index is 0.131. The van der Waals surface area contributed by atoms with E-state index in [1.165, 1.54) is 5.56 Å². The minimum Gasteiger partial charge on any atom is -0.352 e. The lowest BCUT2D eigenvalue weighted by molar-refractivity contribution is -0.124. The molecule has 4 nitrogen and oxygen atoms in total. The summed E-state index contributed by atoms with van der Waals surface area (Å²) in [7, 11) is 2.14. The molecule has 0 spiro atoms. The van der Waals surface area contributed by atoms with Crippen molar-refractivity contribution in [3.05, 3.63) is 35.4 Å². The molecule has 1 aromatic carbocycles. The van der Waals surface area contributed by atoms with E-state index in [0.717, 1.165) is 44.5 Å². The number of carbonyl (C=O) groups excluding carboxylic acids is 1. The van der Waals surface area contributed by atoms with Gasteiger partial charge in [0.05, 0.1) is 0 Å². The fraction of sp³-hybridized carbons (Fsp3) is 0.562. The molecule has 108 valence electrons. The van der Waals surface area contributed by atoms with Crippen LogP contribution in [0, 0.1) is 0 Å². The van der Waals surface area contributed by atoms with E-state index < -0.39 is 0 Å². The van der Waals surface area contributed by atoms with Crippen molar-refractivity contribution in [2.45, 2.75) is 31.3 Å². The Balaban J connectivity index is 1.66. The van der Waals surface area contributed by atoms with Gasteiger partial charge in [0.1, 0.15) is 6.04 Å². The van der Waals surface area contributed by atoms with Crippen molar-refractivity contribution in [2.24, 2.45) is 0 Å². The maximum Gasteiger partial charge on any atom is 0.241 e. The Kier molecular flexibility index (Phi) is 4.03. The van der Waals surface area contributed by atoms with Gasteiger partial charge in [0.2, 0.25) is 5.91 Å². The number of likely N-dealkylation sites (tertiary alicyclic amines) is 1. The van der Waals surface area contributed by atoms with Crippen LogP contribution < -0.4 is 10.6 Å². The van der Waals surface area contributed by atoms with Gasteiger partial charge in [-0.25, -0.2) is 0 Å². The lowest BCUT2D eigenvalue weighted by Crippen LogP contribution is -2.48. The Morgan fingerprint density at radius 3 is 2.85 bits per heavy atom. The average molecular weight is 273 g/mol. The van der Waals surface area contributed by atoms with E-state index in [-0.39, 0.29) is 11.9 Å². The summed E-state index contributed by atoms with van der Waals surface area (Å²) in [5.74, 6) is 0.131. The van der Waals surface area contributed by atoms with Gasteiger partial charge in [0.15, 0.2) is 0 Å². The summed E-state index contributed by atoms with van der Waals surface area (Å²) in [4.78, 5) is 14.8. The van der Waals surface area contributed by atoms with Crippen LogP contribution >= 0.6 is 0 Å². The van der Waals surface area contributed by atoms with E-state index in [0.29, 0.717) is 6.04 Å². The number of hydrogen-bond donors (Lipinski definition) is 2. The first-order chi connectivity index (χ1) is 9.74. The van der Waals surface area contributed by atoms with Crippen LogP contribution in [0.2, 0.25) is 0 Å². The Morgan fingerprint density at radius 2 is 2.05 bits per heavy atom. The van der Waals surface area contributed by atoms with Crippen molar-refractivity contribution < 1.29 is 4.79 Å². The van der Waals surface area contributed by atoms with Gasteiger partial charge in [-0.3, -0.25) is 4.79 Å². The highest BCUT2D eigenvalue weighted by Crippen LogP contribution is 2.23. The standard InChI is InChI=1S/C16H23N3O/c1-19-10-7-13(8-11-19)18-16(20)15-14-5-3-2-4-12(14)6-9-17-15/h2-5,13,15,17H,6-11H2,1H3,(H,18,20). The van der Waals surface area contributed by atoms with Crippen LogP contribution in [0.25, 0.3) is 0 Å². The maximum atomic E-state index is 12.5. The molecule has 20 heavy (non-hydrogen) atoms. The molecule has 0 radical (unpaired) electrons. The number of rotatable bonds is 2. The average Bonchev–Trinajstić information content (AvgIpc) is 2.49. The second kappa shape index (κ2) is 5.94. The van der Waals surface area contributed by atoms with Gasteiger partial charge >= 0.3 is 0 Å². The molecule has 1 unspecified atom stereocenters. The van der Waals surface area contributed by atoms with Crippen LogP contribution in [-0.2, 0) is 11.2 Å². The number of hydrogen-bond acceptors (Lipinski definition) is 3. The second-order valence-electron chi connectivity index (χ2n) is 5.92. The predicted molar refractivity (Wildman–Crippen MR) is 79.6 cm³/mol. The third kappa shape index (κ3) is 2.86. The smallest absolute Gasteiger partial charge is 0.241 e. The Morgan fingerprint density at radius 1 is 1.30 bits per heavy atom. The Bertz CT molecular complexity index is 480.